The van der Waals surface area contributed by atoms with E-state index < -0.39 is 8.07 Å². The molecule has 2 heterocycles. The zero-order valence-electron chi connectivity index (χ0n) is 19.9. The molecule has 3 rings (SSSR count). The highest BCUT2D eigenvalue weighted by Crippen LogP contribution is 2.26. The number of amides is 1. The number of carbonyl (C=O) groups excluding carboxylic acids is 1. The Morgan fingerprint density at radius 2 is 1.94 bits per heavy atom. The van der Waals surface area contributed by atoms with Crippen molar-refractivity contribution in [2.24, 2.45) is 0 Å². The number of aromatic nitrogens is 3. The van der Waals surface area contributed by atoms with Crippen LogP contribution in [0.4, 0.5) is 4.79 Å². The number of pyridine rings is 1. The molecule has 9 heteroatoms. The van der Waals surface area contributed by atoms with Gasteiger partial charge in [0, 0.05) is 34.5 Å². The zero-order chi connectivity index (χ0) is 23.8. The lowest BCUT2D eigenvalue weighted by Crippen LogP contribution is -2.28. The van der Waals surface area contributed by atoms with Crippen molar-refractivity contribution in [3.05, 3.63) is 58.9 Å². The summed E-state index contributed by atoms with van der Waals surface area (Å²) in [6.45, 7) is 8.87. The van der Waals surface area contributed by atoms with Crippen molar-refractivity contribution in [2.75, 3.05) is 20.2 Å². The summed E-state index contributed by atoms with van der Waals surface area (Å²) in [5, 5.41) is 6.08. The van der Waals surface area contributed by atoms with E-state index in [9.17, 15) is 4.79 Å². The van der Waals surface area contributed by atoms with Crippen LogP contribution in [0.1, 0.15) is 17.7 Å². The molecule has 1 amide bonds. The molecule has 178 valence electrons. The predicted molar refractivity (Wildman–Crippen MR) is 134 cm³/mol. The zero-order valence-corrected chi connectivity index (χ0v) is 21.6. The van der Waals surface area contributed by atoms with Gasteiger partial charge in [0.15, 0.2) is 5.65 Å². The van der Waals surface area contributed by atoms with Gasteiger partial charge in [0.1, 0.15) is 13.3 Å². The summed E-state index contributed by atoms with van der Waals surface area (Å²) in [5.41, 5.74) is 2.55. The number of hydrogen-bond donors (Lipinski definition) is 0. The largest absolute Gasteiger partial charge is 0.445 e. The molecular formula is C24H33ClN4O3Si. The molecule has 0 N–H and O–H groups in total. The van der Waals surface area contributed by atoms with Gasteiger partial charge in [-0.15, -0.1) is 5.10 Å². The molecule has 0 unspecified atom stereocenters. The van der Waals surface area contributed by atoms with E-state index >= 15 is 0 Å². The fraction of sp³-hybridized carbons (Fsp3) is 0.458. The molecule has 1 aromatic carbocycles. The number of rotatable bonds is 11. The Kier molecular flexibility index (Phi) is 8.88. The number of benzene rings is 1. The maximum Gasteiger partial charge on any atom is 0.409 e. The number of carbonyl (C=O) groups is 1. The molecule has 0 aliphatic carbocycles. The normalized spacial score (nSPS) is 11.7. The average molecular weight is 489 g/mol. The molecule has 0 radical (unpaired) electrons. The first-order valence-corrected chi connectivity index (χ1v) is 15.3. The Balaban J connectivity index is 1.58. The third-order valence-electron chi connectivity index (χ3n) is 5.33. The lowest BCUT2D eigenvalue weighted by Gasteiger charge is -2.18. The Morgan fingerprint density at radius 3 is 2.67 bits per heavy atom. The fourth-order valence-corrected chi connectivity index (χ4v) is 4.38. The molecule has 0 aliphatic rings. The van der Waals surface area contributed by atoms with Gasteiger partial charge >= 0.3 is 6.09 Å². The lowest BCUT2D eigenvalue weighted by atomic mass is 10.1. The van der Waals surface area contributed by atoms with Gasteiger partial charge < -0.3 is 14.4 Å². The highest BCUT2D eigenvalue weighted by atomic mass is 35.5. The van der Waals surface area contributed by atoms with Crippen LogP contribution in [0.5, 0.6) is 0 Å². The van der Waals surface area contributed by atoms with Crippen molar-refractivity contribution >= 4 is 36.8 Å². The highest BCUT2D eigenvalue weighted by molar-refractivity contribution is 6.76. The van der Waals surface area contributed by atoms with E-state index in [1.165, 1.54) is 0 Å². The molecule has 0 fully saturated rings. The van der Waals surface area contributed by atoms with Gasteiger partial charge in [0.05, 0.1) is 16.1 Å². The van der Waals surface area contributed by atoms with Crippen LogP contribution in [-0.4, -0.2) is 54.0 Å². The summed E-state index contributed by atoms with van der Waals surface area (Å²) in [4.78, 5) is 18.3. The fourth-order valence-electron chi connectivity index (χ4n) is 3.37. The van der Waals surface area contributed by atoms with Gasteiger partial charge in [-0.3, -0.25) is 0 Å². The quantitative estimate of drug-likeness (QED) is 0.259. The maximum atomic E-state index is 12.3. The smallest absolute Gasteiger partial charge is 0.409 e. The summed E-state index contributed by atoms with van der Waals surface area (Å²) in [6.07, 6.45) is 2.74. The van der Waals surface area contributed by atoms with E-state index in [0.29, 0.717) is 37.0 Å². The molecule has 0 atom stereocenters. The molecule has 0 saturated heterocycles. The number of ether oxygens (including phenoxy) is 2. The molecule has 2 aromatic heterocycles. The summed E-state index contributed by atoms with van der Waals surface area (Å²) in [7, 11) is 0.587. The first-order valence-electron chi connectivity index (χ1n) is 11.2. The van der Waals surface area contributed by atoms with Crippen LogP contribution in [0.2, 0.25) is 30.7 Å². The minimum Gasteiger partial charge on any atom is -0.445 e. The first-order chi connectivity index (χ1) is 15.7. The van der Waals surface area contributed by atoms with Gasteiger partial charge in [-0.05, 0) is 30.5 Å². The summed E-state index contributed by atoms with van der Waals surface area (Å²) in [5.74, 6) is 0. The van der Waals surface area contributed by atoms with Gasteiger partial charge in [-0.25, -0.2) is 14.5 Å². The molecule has 0 aliphatic heterocycles. The Bertz CT molecular complexity index is 1050. The molecule has 0 spiro atoms. The van der Waals surface area contributed by atoms with Crippen molar-refractivity contribution in [2.45, 2.75) is 51.9 Å². The number of nitrogens with zero attached hydrogens (tertiary/aromatic N) is 4. The second-order valence-corrected chi connectivity index (χ2v) is 15.4. The standard InChI is InChI=1S/C24H33ClN4O3Si/c1-28(24(30)32-17-19-9-6-5-7-10-19)14-8-11-21-22-20(25)12-13-26-23(22)27-29(21)18-31-15-16-33(2,3)4/h5-7,9-10,12-13H,8,11,14-18H2,1-4H3. The van der Waals surface area contributed by atoms with E-state index in [4.69, 9.17) is 21.1 Å². The number of halogens is 1. The van der Waals surface area contributed by atoms with Crippen LogP contribution < -0.4 is 0 Å². The van der Waals surface area contributed by atoms with Crippen LogP contribution in [-0.2, 0) is 29.2 Å². The summed E-state index contributed by atoms with van der Waals surface area (Å²) < 4.78 is 13.2. The molecule has 0 bridgehead atoms. The average Bonchev–Trinajstić information content (AvgIpc) is 3.13. The van der Waals surface area contributed by atoms with Gasteiger partial charge in [-0.2, -0.15) is 0 Å². The van der Waals surface area contributed by atoms with Crippen molar-refractivity contribution in [3.63, 3.8) is 0 Å². The molecule has 7 nitrogen and oxygen atoms in total. The lowest BCUT2D eigenvalue weighted by molar-refractivity contribution is 0.0767. The van der Waals surface area contributed by atoms with Gasteiger partial charge in [0.25, 0.3) is 0 Å². The molecule has 0 saturated carbocycles. The topological polar surface area (TPSA) is 69.5 Å². The van der Waals surface area contributed by atoms with Crippen molar-refractivity contribution in [3.8, 4) is 0 Å². The third-order valence-corrected chi connectivity index (χ3v) is 7.35. The second-order valence-electron chi connectivity index (χ2n) is 9.35. The Labute approximate surface area is 201 Å². The third kappa shape index (κ3) is 7.55. The Hall–Kier alpha value is -2.42. The number of aryl methyl sites for hydroxylation is 1. The van der Waals surface area contributed by atoms with E-state index in [1.807, 2.05) is 35.0 Å². The summed E-state index contributed by atoms with van der Waals surface area (Å²) in [6, 6.07) is 12.5. The van der Waals surface area contributed by atoms with Gasteiger partial charge in [0.2, 0.25) is 0 Å². The van der Waals surface area contributed by atoms with Crippen LogP contribution in [0.15, 0.2) is 42.6 Å². The van der Waals surface area contributed by atoms with Crippen molar-refractivity contribution < 1.29 is 14.3 Å². The maximum absolute atomic E-state index is 12.3. The van der Waals surface area contributed by atoms with E-state index in [1.54, 1.807) is 24.2 Å². The Morgan fingerprint density at radius 1 is 1.18 bits per heavy atom. The van der Waals surface area contributed by atoms with Crippen LogP contribution in [0, 0.1) is 0 Å². The van der Waals surface area contributed by atoms with Gasteiger partial charge in [-0.1, -0.05) is 61.6 Å². The second kappa shape index (κ2) is 11.6. The molecule has 3 aromatic rings. The van der Waals surface area contributed by atoms with Crippen LogP contribution in [0.3, 0.4) is 0 Å². The first kappa shape index (κ1) is 25.2. The van der Waals surface area contributed by atoms with Crippen LogP contribution >= 0.6 is 11.6 Å². The SMILES string of the molecule is CN(CCCc1c2c(Cl)ccnc2nn1COCC[Si](C)(C)C)C(=O)OCc1ccccc1. The van der Waals surface area contributed by atoms with Crippen LogP contribution in [0.25, 0.3) is 11.0 Å². The highest BCUT2D eigenvalue weighted by Gasteiger charge is 2.17. The minimum atomic E-state index is -1.16. The molecular weight excluding hydrogens is 456 g/mol. The number of fused-ring (bicyclic) bond motifs is 1. The monoisotopic (exact) mass is 488 g/mol. The minimum absolute atomic E-state index is 0.261. The van der Waals surface area contributed by atoms with Crippen molar-refractivity contribution in [1.29, 1.82) is 0 Å². The summed E-state index contributed by atoms with van der Waals surface area (Å²) >= 11 is 6.47. The van der Waals surface area contributed by atoms with E-state index in [2.05, 4.69) is 29.7 Å². The van der Waals surface area contributed by atoms with E-state index in [-0.39, 0.29) is 12.7 Å². The molecule has 33 heavy (non-hydrogen) atoms. The van der Waals surface area contributed by atoms with Crippen molar-refractivity contribution in [1.82, 2.24) is 19.7 Å². The van der Waals surface area contributed by atoms with E-state index in [0.717, 1.165) is 29.1 Å². The predicted octanol–water partition coefficient (Wildman–Crippen LogP) is 5.60. The number of hydrogen-bond acceptors (Lipinski definition) is 5.